The molecule has 0 aliphatic heterocycles. The first kappa shape index (κ1) is 13.7. The van der Waals surface area contributed by atoms with E-state index in [1.807, 2.05) is 6.92 Å². The van der Waals surface area contributed by atoms with E-state index >= 15 is 0 Å². The van der Waals surface area contributed by atoms with E-state index in [-0.39, 0.29) is 6.04 Å². The van der Waals surface area contributed by atoms with Gasteiger partial charge in [0.05, 0.1) is 6.04 Å². The Kier molecular flexibility index (Phi) is 4.32. The van der Waals surface area contributed by atoms with Crippen LogP contribution in [0.3, 0.4) is 0 Å². The Balaban J connectivity index is 2.20. The second-order valence-corrected chi connectivity index (χ2v) is 5.00. The monoisotopic (exact) mass is 259 g/mol. The van der Waals surface area contributed by atoms with Crippen LogP contribution in [0, 0.1) is 13.8 Å². The van der Waals surface area contributed by atoms with Crippen LogP contribution < -0.4 is 5.32 Å². The maximum absolute atomic E-state index is 5.75. The number of hydrogen-bond acceptors (Lipinski definition) is 4. The van der Waals surface area contributed by atoms with Gasteiger partial charge in [-0.2, -0.15) is 0 Å². The first-order valence-electron chi connectivity index (χ1n) is 6.75. The van der Waals surface area contributed by atoms with E-state index in [1.54, 1.807) is 0 Å². The lowest BCUT2D eigenvalue weighted by atomic mass is 10.1. The largest absolute Gasteiger partial charge is 0.419 e. The zero-order chi connectivity index (χ0) is 13.8. The molecule has 4 nitrogen and oxygen atoms in total. The predicted molar refractivity (Wildman–Crippen MR) is 75.9 cm³/mol. The fourth-order valence-corrected chi connectivity index (χ4v) is 2.07. The van der Waals surface area contributed by atoms with Gasteiger partial charge in [-0.05, 0) is 45.9 Å². The summed E-state index contributed by atoms with van der Waals surface area (Å²) in [5, 5.41) is 11.6. The van der Waals surface area contributed by atoms with E-state index in [9.17, 15) is 0 Å². The molecule has 0 bridgehead atoms. The Hall–Kier alpha value is -1.68. The lowest BCUT2D eigenvalue weighted by Crippen LogP contribution is -2.19. The normalized spacial score (nSPS) is 12.6. The van der Waals surface area contributed by atoms with Gasteiger partial charge in [0, 0.05) is 5.56 Å². The summed E-state index contributed by atoms with van der Waals surface area (Å²) >= 11 is 0. The molecule has 0 radical (unpaired) electrons. The Morgan fingerprint density at radius 3 is 2.47 bits per heavy atom. The Morgan fingerprint density at radius 2 is 1.84 bits per heavy atom. The van der Waals surface area contributed by atoms with Crippen molar-refractivity contribution in [2.45, 2.75) is 40.2 Å². The molecule has 0 aliphatic rings. The van der Waals surface area contributed by atoms with Crippen molar-refractivity contribution in [1.29, 1.82) is 0 Å². The lowest BCUT2D eigenvalue weighted by Gasteiger charge is -2.07. The maximum atomic E-state index is 5.75. The third kappa shape index (κ3) is 3.41. The molecule has 2 aromatic rings. The topological polar surface area (TPSA) is 51.0 Å². The molecule has 1 aromatic heterocycles. The fourth-order valence-electron chi connectivity index (χ4n) is 2.07. The molecule has 0 saturated carbocycles. The van der Waals surface area contributed by atoms with Crippen molar-refractivity contribution in [2.75, 3.05) is 6.54 Å². The van der Waals surface area contributed by atoms with Crippen molar-refractivity contribution >= 4 is 0 Å². The minimum Gasteiger partial charge on any atom is -0.419 e. The average Bonchev–Trinajstić information content (AvgIpc) is 2.84. The second-order valence-electron chi connectivity index (χ2n) is 5.00. The number of hydrogen-bond donors (Lipinski definition) is 1. The van der Waals surface area contributed by atoms with Gasteiger partial charge >= 0.3 is 0 Å². The summed E-state index contributed by atoms with van der Waals surface area (Å²) in [4.78, 5) is 0. The van der Waals surface area contributed by atoms with Gasteiger partial charge in [-0.25, -0.2) is 0 Å². The molecule has 19 heavy (non-hydrogen) atoms. The summed E-state index contributed by atoms with van der Waals surface area (Å²) in [6, 6.07) is 6.35. The van der Waals surface area contributed by atoms with Crippen molar-refractivity contribution in [1.82, 2.24) is 15.5 Å². The predicted octanol–water partition coefficient (Wildman–Crippen LogP) is 3.41. The van der Waals surface area contributed by atoms with Crippen LogP contribution in [0.25, 0.3) is 11.5 Å². The number of aryl methyl sites for hydroxylation is 2. The van der Waals surface area contributed by atoms with Gasteiger partial charge in [0.25, 0.3) is 0 Å². The molecule has 1 unspecified atom stereocenters. The third-order valence-electron chi connectivity index (χ3n) is 2.98. The summed E-state index contributed by atoms with van der Waals surface area (Å²) in [5.74, 6) is 1.23. The average molecular weight is 259 g/mol. The van der Waals surface area contributed by atoms with Crippen molar-refractivity contribution < 1.29 is 4.42 Å². The molecule has 0 saturated heterocycles. The van der Waals surface area contributed by atoms with E-state index < -0.39 is 0 Å². The van der Waals surface area contributed by atoms with Gasteiger partial charge in [-0.3, -0.25) is 0 Å². The Bertz CT molecular complexity index is 528. The molecule has 0 fully saturated rings. The van der Waals surface area contributed by atoms with Gasteiger partial charge < -0.3 is 9.73 Å². The molecule has 1 heterocycles. The van der Waals surface area contributed by atoms with Gasteiger partial charge in [0.15, 0.2) is 0 Å². The molecule has 0 aliphatic carbocycles. The minimum atomic E-state index is 0.0899. The van der Waals surface area contributed by atoms with Gasteiger partial charge in [-0.15, -0.1) is 10.2 Å². The first-order chi connectivity index (χ1) is 9.10. The third-order valence-corrected chi connectivity index (χ3v) is 2.98. The van der Waals surface area contributed by atoms with E-state index in [0.717, 1.165) is 18.5 Å². The lowest BCUT2D eigenvalue weighted by molar-refractivity contribution is 0.423. The molecule has 1 atom stereocenters. The number of benzene rings is 1. The second kappa shape index (κ2) is 5.97. The molecule has 4 heteroatoms. The number of rotatable bonds is 5. The molecule has 2 rings (SSSR count). The zero-order valence-electron chi connectivity index (χ0n) is 12.0. The van der Waals surface area contributed by atoms with Crippen molar-refractivity contribution in [2.24, 2.45) is 0 Å². The first-order valence-corrected chi connectivity index (χ1v) is 6.75. The summed E-state index contributed by atoms with van der Waals surface area (Å²) in [6.07, 6.45) is 1.09. The molecule has 0 spiro atoms. The van der Waals surface area contributed by atoms with Gasteiger partial charge in [0.2, 0.25) is 11.8 Å². The van der Waals surface area contributed by atoms with Gasteiger partial charge in [-0.1, -0.05) is 24.1 Å². The highest BCUT2D eigenvalue weighted by Crippen LogP contribution is 2.22. The van der Waals surface area contributed by atoms with Crippen LogP contribution in [0.5, 0.6) is 0 Å². The Morgan fingerprint density at radius 1 is 1.16 bits per heavy atom. The molecule has 102 valence electrons. The maximum Gasteiger partial charge on any atom is 0.247 e. The van der Waals surface area contributed by atoms with E-state index in [1.165, 1.54) is 11.1 Å². The van der Waals surface area contributed by atoms with Crippen LogP contribution in [0.2, 0.25) is 0 Å². The van der Waals surface area contributed by atoms with E-state index in [4.69, 9.17) is 4.42 Å². The summed E-state index contributed by atoms with van der Waals surface area (Å²) in [5.41, 5.74) is 3.39. The van der Waals surface area contributed by atoms with Crippen molar-refractivity contribution in [3.63, 3.8) is 0 Å². The zero-order valence-corrected chi connectivity index (χ0v) is 12.0. The van der Waals surface area contributed by atoms with Crippen LogP contribution in [0.4, 0.5) is 0 Å². The van der Waals surface area contributed by atoms with Crippen LogP contribution in [-0.4, -0.2) is 16.7 Å². The van der Waals surface area contributed by atoms with E-state index in [2.05, 4.69) is 54.5 Å². The summed E-state index contributed by atoms with van der Waals surface area (Å²) in [6.45, 7) is 9.25. The number of aromatic nitrogens is 2. The highest BCUT2D eigenvalue weighted by molar-refractivity contribution is 5.55. The molecule has 1 N–H and O–H groups in total. The van der Waals surface area contributed by atoms with Crippen molar-refractivity contribution in [3.8, 4) is 11.5 Å². The molecule has 0 amide bonds. The number of nitrogens with one attached hydrogen (secondary N) is 1. The Labute approximate surface area is 114 Å². The highest BCUT2D eigenvalue weighted by atomic mass is 16.4. The SMILES string of the molecule is CCCNC(C)c1nnc(-c2cc(C)cc(C)c2)o1. The standard InChI is InChI=1S/C15H21N3O/c1-5-6-16-12(4)14-17-18-15(19-14)13-8-10(2)7-11(3)9-13/h7-9,12,16H,5-6H2,1-4H3. The molecular weight excluding hydrogens is 238 g/mol. The van der Waals surface area contributed by atoms with Crippen LogP contribution in [-0.2, 0) is 0 Å². The molecule has 1 aromatic carbocycles. The molecular formula is C15H21N3O. The highest BCUT2D eigenvalue weighted by Gasteiger charge is 2.14. The summed E-state index contributed by atoms with van der Waals surface area (Å²) < 4.78 is 5.75. The minimum absolute atomic E-state index is 0.0899. The number of nitrogens with zero attached hydrogens (tertiary/aromatic N) is 2. The van der Waals surface area contributed by atoms with Crippen LogP contribution >= 0.6 is 0 Å². The van der Waals surface area contributed by atoms with Crippen molar-refractivity contribution in [3.05, 3.63) is 35.2 Å². The van der Waals surface area contributed by atoms with Crippen LogP contribution in [0.1, 0.15) is 43.3 Å². The van der Waals surface area contributed by atoms with E-state index in [0.29, 0.717) is 11.8 Å². The van der Waals surface area contributed by atoms with Gasteiger partial charge in [0.1, 0.15) is 0 Å². The summed E-state index contributed by atoms with van der Waals surface area (Å²) in [7, 11) is 0. The quantitative estimate of drug-likeness (QED) is 0.894. The van der Waals surface area contributed by atoms with Crippen LogP contribution in [0.15, 0.2) is 22.6 Å². The smallest absolute Gasteiger partial charge is 0.247 e. The fraction of sp³-hybridized carbons (Fsp3) is 0.467.